The Bertz CT molecular complexity index is 971. The van der Waals surface area contributed by atoms with Crippen molar-refractivity contribution in [2.24, 2.45) is 0 Å². The molecule has 0 saturated carbocycles. The average Bonchev–Trinajstić information content (AvgIpc) is 2.80. The number of carbonyl (C=O) groups is 1. The number of rotatable bonds is 8. The molecule has 3 rings (SSSR count). The number of esters is 1. The van der Waals surface area contributed by atoms with Gasteiger partial charge in [0.15, 0.2) is 0 Å². The van der Waals surface area contributed by atoms with E-state index in [4.69, 9.17) is 14.2 Å². The summed E-state index contributed by atoms with van der Waals surface area (Å²) in [7, 11) is 1.61. The Hall–Kier alpha value is -3.53. The molecule has 0 amide bonds. The van der Waals surface area contributed by atoms with Crippen LogP contribution < -0.4 is 14.2 Å². The van der Waals surface area contributed by atoms with Crippen molar-refractivity contribution in [3.8, 4) is 28.4 Å². The molecule has 0 unspecified atom stereocenters. The zero-order valence-electron chi connectivity index (χ0n) is 17.5. The molecule has 0 N–H and O–H groups in total. The van der Waals surface area contributed by atoms with Gasteiger partial charge in [0, 0.05) is 0 Å². The van der Waals surface area contributed by atoms with E-state index in [1.54, 1.807) is 7.11 Å². The SMILES string of the molecule is C/C=C/COc1ccc(-c2ccc(OC(=O)[C@@H](C)c3ccc(OC)cc3)cc2)cc1. The van der Waals surface area contributed by atoms with Crippen LogP contribution in [0.15, 0.2) is 84.9 Å². The maximum absolute atomic E-state index is 12.5. The van der Waals surface area contributed by atoms with Crippen LogP contribution in [0.1, 0.15) is 25.3 Å². The van der Waals surface area contributed by atoms with Crippen LogP contribution in [0.5, 0.6) is 17.2 Å². The Balaban J connectivity index is 1.61. The lowest BCUT2D eigenvalue weighted by Gasteiger charge is -2.12. The van der Waals surface area contributed by atoms with Gasteiger partial charge in [-0.1, -0.05) is 48.6 Å². The molecular weight excluding hydrogens is 376 g/mol. The van der Waals surface area contributed by atoms with Crippen molar-refractivity contribution in [1.82, 2.24) is 0 Å². The van der Waals surface area contributed by atoms with E-state index >= 15 is 0 Å². The summed E-state index contributed by atoms with van der Waals surface area (Å²) in [6.45, 7) is 4.36. The van der Waals surface area contributed by atoms with E-state index in [0.29, 0.717) is 12.4 Å². The van der Waals surface area contributed by atoms with Gasteiger partial charge in [0.1, 0.15) is 23.9 Å². The Kier molecular flexibility index (Phi) is 7.28. The maximum atomic E-state index is 12.5. The van der Waals surface area contributed by atoms with Crippen LogP contribution in [0, 0.1) is 0 Å². The van der Waals surface area contributed by atoms with E-state index in [-0.39, 0.29) is 11.9 Å². The van der Waals surface area contributed by atoms with Gasteiger partial charge in [-0.25, -0.2) is 0 Å². The van der Waals surface area contributed by atoms with Crippen molar-refractivity contribution in [3.05, 3.63) is 90.5 Å². The van der Waals surface area contributed by atoms with E-state index in [1.807, 2.05) is 98.8 Å². The van der Waals surface area contributed by atoms with Gasteiger partial charge in [-0.3, -0.25) is 4.79 Å². The standard InChI is InChI=1S/C26H26O4/c1-4-5-18-29-24-14-8-21(9-15-24)22-10-16-25(17-11-22)30-26(27)19(2)20-6-12-23(28-3)13-7-20/h4-17,19H,18H2,1-3H3/b5-4+/t19-/m0/s1. The summed E-state index contributed by atoms with van der Waals surface area (Å²) in [5.74, 6) is 1.44. The molecule has 30 heavy (non-hydrogen) atoms. The van der Waals surface area contributed by atoms with E-state index in [1.165, 1.54) is 0 Å². The number of ether oxygens (including phenoxy) is 3. The largest absolute Gasteiger partial charge is 0.497 e. The molecule has 4 nitrogen and oxygen atoms in total. The minimum atomic E-state index is -0.370. The summed E-state index contributed by atoms with van der Waals surface area (Å²) >= 11 is 0. The lowest BCUT2D eigenvalue weighted by atomic mass is 10.0. The van der Waals surface area contributed by atoms with Crippen molar-refractivity contribution < 1.29 is 19.0 Å². The first-order valence-corrected chi connectivity index (χ1v) is 9.91. The number of hydrogen-bond acceptors (Lipinski definition) is 4. The second-order valence-corrected chi connectivity index (χ2v) is 6.84. The van der Waals surface area contributed by atoms with Gasteiger partial charge in [0.2, 0.25) is 0 Å². The second kappa shape index (κ2) is 10.3. The third-order valence-corrected chi connectivity index (χ3v) is 4.81. The van der Waals surface area contributed by atoms with Gasteiger partial charge in [-0.2, -0.15) is 0 Å². The molecular formula is C26H26O4. The molecule has 0 bridgehead atoms. The van der Waals surface area contributed by atoms with Gasteiger partial charge in [0.25, 0.3) is 0 Å². The molecule has 3 aromatic rings. The first kappa shape index (κ1) is 21.2. The minimum Gasteiger partial charge on any atom is -0.497 e. The van der Waals surface area contributed by atoms with Crippen LogP contribution in [0.2, 0.25) is 0 Å². The Labute approximate surface area is 177 Å². The Morgan fingerprint density at radius 3 is 1.90 bits per heavy atom. The fraction of sp³-hybridized carbons (Fsp3) is 0.192. The van der Waals surface area contributed by atoms with E-state index in [2.05, 4.69) is 0 Å². The molecule has 0 aliphatic heterocycles. The van der Waals surface area contributed by atoms with Crippen molar-refractivity contribution in [2.45, 2.75) is 19.8 Å². The third kappa shape index (κ3) is 5.51. The van der Waals surface area contributed by atoms with Crippen molar-refractivity contribution in [2.75, 3.05) is 13.7 Å². The van der Waals surface area contributed by atoms with E-state index < -0.39 is 0 Å². The topological polar surface area (TPSA) is 44.8 Å². The smallest absolute Gasteiger partial charge is 0.318 e. The number of benzene rings is 3. The van der Waals surface area contributed by atoms with Crippen LogP contribution in [0.25, 0.3) is 11.1 Å². The first-order chi connectivity index (χ1) is 14.6. The number of allylic oxidation sites excluding steroid dienone is 1. The molecule has 3 aromatic carbocycles. The molecule has 0 aromatic heterocycles. The monoisotopic (exact) mass is 402 g/mol. The second-order valence-electron chi connectivity index (χ2n) is 6.84. The normalized spacial score (nSPS) is 11.8. The summed E-state index contributed by atoms with van der Waals surface area (Å²) in [5, 5.41) is 0. The number of hydrogen-bond donors (Lipinski definition) is 0. The highest BCUT2D eigenvalue weighted by molar-refractivity contribution is 5.80. The number of methoxy groups -OCH3 is 1. The molecule has 0 fully saturated rings. The third-order valence-electron chi connectivity index (χ3n) is 4.81. The summed E-state index contributed by atoms with van der Waals surface area (Å²) < 4.78 is 16.3. The molecule has 0 saturated heterocycles. The molecule has 0 aliphatic rings. The van der Waals surface area contributed by atoms with Crippen LogP contribution in [0.3, 0.4) is 0 Å². The van der Waals surface area contributed by atoms with Gasteiger partial charge >= 0.3 is 5.97 Å². The molecule has 0 aliphatic carbocycles. The predicted octanol–water partition coefficient (Wildman–Crippen LogP) is 6.03. The predicted molar refractivity (Wildman–Crippen MR) is 119 cm³/mol. The molecule has 0 spiro atoms. The molecule has 4 heteroatoms. The summed E-state index contributed by atoms with van der Waals surface area (Å²) in [6, 6.07) is 22.8. The highest BCUT2D eigenvalue weighted by atomic mass is 16.5. The fourth-order valence-corrected chi connectivity index (χ4v) is 2.93. The summed E-state index contributed by atoms with van der Waals surface area (Å²) in [4.78, 5) is 12.5. The van der Waals surface area contributed by atoms with E-state index in [9.17, 15) is 4.79 Å². The van der Waals surface area contributed by atoms with Gasteiger partial charge < -0.3 is 14.2 Å². The lowest BCUT2D eigenvalue weighted by molar-refractivity contribution is -0.135. The van der Waals surface area contributed by atoms with Crippen LogP contribution in [-0.4, -0.2) is 19.7 Å². The van der Waals surface area contributed by atoms with Gasteiger partial charge in [-0.05, 0) is 66.9 Å². The lowest BCUT2D eigenvalue weighted by Crippen LogP contribution is -2.16. The zero-order chi connectivity index (χ0) is 21.3. The highest BCUT2D eigenvalue weighted by Gasteiger charge is 2.17. The van der Waals surface area contributed by atoms with Crippen molar-refractivity contribution >= 4 is 5.97 Å². The average molecular weight is 402 g/mol. The molecule has 154 valence electrons. The zero-order valence-corrected chi connectivity index (χ0v) is 17.5. The van der Waals surface area contributed by atoms with Crippen LogP contribution in [0.4, 0.5) is 0 Å². The van der Waals surface area contributed by atoms with Gasteiger partial charge in [0.05, 0.1) is 13.0 Å². The molecule has 0 heterocycles. The molecule has 0 radical (unpaired) electrons. The quantitative estimate of drug-likeness (QED) is 0.262. The first-order valence-electron chi connectivity index (χ1n) is 9.91. The van der Waals surface area contributed by atoms with E-state index in [0.717, 1.165) is 28.2 Å². The maximum Gasteiger partial charge on any atom is 0.318 e. The van der Waals surface area contributed by atoms with Crippen LogP contribution in [-0.2, 0) is 4.79 Å². The van der Waals surface area contributed by atoms with Crippen LogP contribution >= 0.6 is 0 Å². The number of carbonyl (C=O) groups excluding carboxylic acids is 1. The summed E-state index contributed by atoms with van der Waals surface area (Å²) in [6.07, 6.45) is 3.92. The molecule has 1 atom stereocenters. The van der Waals surface area contributed by atoms with Gasteiger partial charge in [-0.15, -0.1) is 0 Å². The minimum absolute atomic E-state index is 0.296. The Morgan fingerprint density at radius 2 is 1.37 bits per heavy atom. The Morgan fingerprint density at radius 1 is 0.833 bits per heavy atom. The highest BCUT2D eigenvalue weighted by Crippen LogP contribution is 2.26. The van der Waals surface area contributed by atoms with Crippen molar-refractivity contribution in [3.63, 3.8) is 0 Å². The summed E-state index contributed by atoms with van der Waals surface area (Å²) in [5.41, 5.74) is 2.99. The fourth-order valence-electron chi connectivity index (χ4n) is 2.93. The van der Waals surface area contributed by atoms with Crippen molar-refractivity contribution in [1.29, 1.82) is 0 Å².